The van der Waals surface area contributed by atoms with Crippen LogP contribution in [0.4, 0.5) is 16.3 Å². The fourth-order valence-electron chi connectivity index (χ4n) is 3.13. The van der Waals surface area contributed by atoms with E-state index in [0.717, 1.165) is 16.9 Å². The molecule has 0 unspecified atom stereocenters. The van der Waals surface area contributed by atoms with Crippen LogP contribution in [0.25, 0.3) is 16.9 Å². The highest BCUT2D eigenvalue weighted by Gasteiger charge is 2.19. The highest BCUT2D eigenvalue weighted by molar-refractivity contribution is 5.61. The molecule has 8 nitrogen and oxygen atoms in total. The van der Waals surface area contributed by atoms with Gasteiger partial charge in [0.25, 0.3) is 0 Å². The number of hydrogen-bond donors (Lipinski definition) is 2. The van der Waals surface area contributed by atoms with Crippen molar-refractivity contribution in [3.05, 3.63) is 60.2 Å². The van der Waals surface area contributed by atoms with E-state index in [0.29, 0.717) is 17.5 Å². The minimum Gasteiger partial charge on any atom is -0.368 e. The van der Waals surface area contributed by atoms with E-state index in [-0.39, 0.29) is 23.7 Å². The normalized spacial score (nSPS) is 12.4. The van der Waals surface area contributed by atoms with Crippen molar-refractivity contribution in [1.29, 1.82) is 0 Å². The van der Waals surface area contributed by atoms with E-state index in [4.69, 9.17) is 5.73 Å². The van der Waals surface area contributed by atoms with Crippen molar-refractivity contribution in [2.24, 2.45) is 5.92 Å². The summed E-state index contributed by atoms with van der Waals surface area (Å²) in [4.78, 5) is 21.5. The van der Waals surface area contributed by atoms with Gasteiger partial charge in [0.15, 0.2) is 5.82 Å². The fraction of sp³-hybridized carbons (Fsp3) is 0.250. The van der Waals surface area contributed by atoms with E-state index in [9.17, 15) is 4.39 Å². The van der Waals surface area contributed by atoms with Gasteiger partial charge in [0, 0.05) is 11.8 Å². The summed E-state index contributed by atoms with van der Waals surface area (Å²) < 4.78 is 15.2. The molecule has 0 aliphatic rings. The average molecular weight is 392 g/mol. The number of imidazole rings is 1. The van der Waals surface area contributed by atoms with Gasteiger partial charge in [-0.25, -0.2) is 9.37 Å². The SMILES string of the molecule is Cc1ncc2ccc(-c3nc(N)nc(N[C@H](c4ccc(F)cn4)C(C)C)n3)cn12. The van der Waals surface area contributed by atoms with Crippen LogP contribution in [0, 0.1) is 18.7 Å². The molecule has 0 spiro atoms. The molecule has 4 rings (SSSR count). The summed E-state index contributed by atoms with van der Waals surface area (Å²) in [6, 6.07) is 6.67. The number of aromatic nitrogens is 6. The third-order valence-electron chi connectivity index (χ3n) is 4.64. The molecule has 0 bridgehead atoms. The monoisotopic (exact) mass is 392 g/mol. The number of hydrogen-bond acceptors (Lipinski definition) is 7. The summed E-state index contributed by atoms with van der Waals surface area (Å²) in [7, 11) is 0. The van der Waals surface area contributed by atoms with Gasteiger partial charge in [-0.2, -0.15) is 15.0 Å². The molecule has 3 N–H and O–H groups in total. The van der Waals surface area contributed by atoms with Crippen LogP contribution >= 0.6 is 0 Å². The van der Waals surface area contributed by atoms with Gasteiger partial charge in [-0.15, -0.1) is 0 Å². The Labute approximate surface area is 167 Å². The molecule has 4 aromatic heterocycles. The van der Waals surface area contributed by atoms with Crippen LogP contribution in [0.5, 0.6) is 0 Å². The first-order valence-electron chi connectivity index (χ1n) is 9.24. The molecule has 1 atom stereocenters. The lowest BCUT2D eigenvalue weighted by Gasteiger charge is -2.22. The lowest BCUT2D eigenvalue weighted by Crippen LogP contribution is -2.20. The molecular weight excluding hydrogens is 371 g/mol. The van der Waals surface area contributed by atoms with Gasteiger partial charge in [-0.3, -0.25) is 4.98 Å². The molecule has 0 aliphatic heterocycles. The van der Waals surface area contributed by atoms with E-state index in [1.807, 2.05) is 43.5 Å². The van der Waals surface area contributed by atoms with Crippen molar-refractivity contribution in [3.8, 4) is 11.4 Å². The number of fused-ring (bicyclic) bond motifs is 1. The van der Waals surface area contributed by atoms with Gasteiger partial charge in [-0.1, -0.05) is 13.8 Å². The Hall–Kier alpha value is -3.62. The first kappa shape index (κ1) is 18.7. The summed E-state index contributed by atoms with van der Waals surface area (Å²) in [6.45, 7) is 5.99. The molecular formula is C20H21FN8. The molecule has 4 aromatic rings. The number of halogens is 1. The van der Waals surface area contributed by atoms with Gasteiger partial charge < -0.3 is 15.5 Å². The summed E-state index contributed by atoms with van der Waals surface area (Å²) in [5, 5.41) is 3.26. The summed E-state index contributed by atoms with van der Waals surface area (Å²) in [5.74, 6) is 1.52. The Balaban J connectivity index is 1.69. The Kier molecular flexibility index (Phi) is 4.79. The second-order valence-electron chi connectivity index (χ2n) is 7.13. The lowest BCUT2D eigenvalue weighted by atomic mass is 10.0. The van der Waals surface area contributed by atoms with Crippen LogP contribution in [-0.4, -0.2) is 29.3 Å². The predicted molar refractivity (Wildman–Crippen MR) is 109 cm³/mol. The van der Waals surface area contributed by atoms with Crippen LogP contribution in [0.1, 0.15) is 31.4 Å². The molecule has 0 saturated heterocycles. The molecule has 29 heavy (non-hydrogen) atoms. The van der Waals surface area contributed by atoms with E-state index in [2.05, 4.69) is 30.2 Å². The number of aryl methyl sites for hydroxylation is 1. The van der Waals surface area contributed by atoms with Gasteiger partial charge in [-0.05, 0) is 37.1 Å². The van der Waals surface area contributed by atoms with Crippen LogP contribution < -0.4 is 11.1 Å². The average Bonchev–Trinajstić information content (AvgIpc) is 3.07. The van der Waals surface area contributed by atoms with Crippen molar-refractivity contribution < 1.29 is 4.39 Å². The standard InChI is InChI=1S/C20H21FN8/c1-11(2)17(16-7-5-14(21)8-24-16)25-20-27-18(26-19(22)28-20)13-4-6-15-9-23-12(3)29(15)10-13/h4-11,17H,1-3H3,(H3,22,25,26,27,28)/t17-/m0/s1. The van der Waals surface area contributed by atoms with Crippen molar-refractivity contribution in [1.82, 2.24) is 29.3 Å². The number of nitrogens with zero attached hydrogens (tertiary/aromatic N) is 6. The lowest BCUT2D eigenvalue weighted by molar-refractivity contribution is 0.527. The molecule has 0 aromatic carbocycles. The van der Waals surface area contributed by atoms with Gasteiger partial charge in [0.2, 0.25) is 11.9 Å². The van der Waals surface area contributed by atoms with Gasteiger partial charge in [0.1, 0.15) is 11.6 Å². The van der Waals surface area contributed by atoms with Crippen LogP contribution in [0.15, 0.2) is 42.9 Å². The number of rotatable bonds is 5. The maximum Gasteiger partial charge on any atom is 0.228 e. The van der Waals surface area contributed by atoms with E-state index < -0.39 is 0 Å². The molecule has 0 amide bonds. The molecule has 148 valence electrons. The Morgan fingerprint density at radius 2 is 1.86 bits per heavy atom. The summed E-state index contributed by atoms with van der Waals surface area (Å²) in [5.41, 5.74) is 8.40. The Bertz CT molecular complexity index is 1150. The first-order valence-corrected chi connectivity index (χ1v) is 9.24. The predicted octanol–water partition coefficient (Wildman–Crippen LogP) is 3.42. The molecule has 4 heterocycles. The van der Waals surface area contributed by atoms with Crippen molar-refractivity contribution in [3.63, 3.8) is 0 Å². The second kappa shape index (κ2) is 7.42. The zero-order valence-corrected chi connectivity index (χ0v) is 16.3. The Morgan fingerprint density at radius 3 is 2.59 bits per heavy atom. The minimum atomic E-state index is -0.381. The van der Waals surface area contributed by atoms with Crippen LogP contribution in [-0.2, 0) is 0 Å². The van der Waals surface area contributed by atoms with Gasteiger partial charge >= 0.3 is 0 Å². The zero-order valence-electron chi connectivity index (χ0n) is 16.3. The fourth-order valence-corrected chi connectivity index (χ4v) is 3.13. The van der Waals surface area contributed by atoms with E-state index in [1.54, 1.807) is 12.3 Å². The molecule has 0 radical (unpaired) electrons. The number of nitrogens with two attached hydrogens (primary N) is 1. The maximum atomic E-state index is 13.2. The smallest absolute Gasteiger partial charge is 0.228 e. The summed E-state index contributed by atoms with van der Waals surface area (Å²) in [6.07, 6.45) is 4.91. The molecule has 0 aliphatic carbocycles. The molecule has 0 fully saturated rings. The minimum absolute atomic E-state index is 0.106. The quantitative estimate of drug-likeness (QED) is 0.536. The van der Waals surface area contributed by atoms with Crippen LogP contribution in [0.2, 0.25) is 0 Å². The highest BCUT2D eigenvalue weighted by atomic mass is 19.1. The van der Waals surface area contributed by atoms with Crippen LogP contribution in [0.3, 0.4) is 0 Å². The molecule has 0 saturated carbocycles. The number of pyridine rings is 2. The highest BCUT2D eigenvalue weighted by Crippen LogP contribution is 2.25. The topological polar surface area (TPSA) is 107 Å². The third kappa shape index (κ3) is 3.84. The van der Waals surface area contributed by atoms with Crippen molar-refractivity contribution >= 4 is 17.4 Å². The largest absolute Gasteiger partial charge is 0.368 e. The number of anilines is 2. The zero-order chi connectivity index (χ0) is 20.5. The third-order valence-corrected chi connectivity index (χ3v) is 4.64. The van der Waals surface area contributed by atoms with Crippen molar-refractivity contribution in [2.75, 3.05) is 11.1 Å². The maximum absolute atomic E-state index is 13.2. The Morgan fingerprint density at radius 1 is 1.03 bits per heavy atom. The van der Waals surface area contributed by atoms with Gasteiger partial charge in [0.05, 0.1) is 29.6 Å². The molecule has 9 heteroatoms. The number of nitrogens with one attached hydrogen (secondary N) is 1. The first-order chi connectivity index (χ1) is 13.9. The van der Waals surface area contributed by atoms with Crippen molar-refractivity contribution in [2.45, 2.75) is 26.8 Å². The second-order valence-corrected chi connectivity index (χ2v) is 7.13. The van der Waals surface area contributed by atoms with E-state index >= 15 is 0 Å². The summed E-state index contributed by atoms with van der Waals surface area (Å²) >= 11 is 0. The number of nitrogen functional groups attached to an aromatic ring is 1. The van der Waals surface area contributed by atoms with E-state index in [1.165, 1.54) is 12.3 Å².